The third kappa shape index (κ3) is 4.11. The van der Waals surface area contributed by atoms with Crippen molar-refractivity contribution in [3.8, 4) is 0 Å². The van der Waals surface area contributed by atoms with Crippen LogP contribution in [0.5, 0.6) is 0 Å². The number of carbonyl (C=O) groups excluding carboxylic acids is 1. The lowest BCUT2D eigenvalue weighted by Gasteiger charge is -2.34. The first-order valence-electron chi connectivity index (χ1n) is 6.80. The van der Waals surface area contributed by atoms with Crippen molar-refractivity contribution in [1.29, 1.82) is 0 Å². The van der Waals surface area contributed by atoms with Crippen LogP contribution in [-0.2, 0) is 9.53 Å². The number of esters is 1. The zero-order chi connectivity index (χ0) is 13.9. The molecular weight excluding hydrogens is 231 g/mol. The van der Waals surface area contributed by atoms with Crippen LogP contribution < -0.4 is 0 Å². The highest BCUT2D eigenvalue weighted by Gasteiger charge is 2.30. The van der Waals surface area contributed by atoms with Gasteiger partial charge in [0.1, 0.15) is 0 Å². The molecule has 0 aliphatic heterocycles. The molecular formula is C15H25FO2. The molecule has 0 heterocycles. The minimum atomic E-state index is -0.797. The lowest BCUT2D eigenvalue weighted by molar-refractivity contribution is -0.144. The maximum absolute atomic E-state index is 13.9. The largest absolute Gasteiger partial charge is 0.458 e. The predicted octanol–water partition coefficient (Wildman–Crippen LogP) is 4.40. The molecule has 1 rings (SSSR count). The maximum Gasteiger partial charge on any atom is 0.367 e. The quantitative estimate of drug-likeness (QED) is 0.540. The smallest absolute Gasteiger partial charge is 0.367 e. The van der Waals surface area contributed by atoms with Gasteiger partial charge in [-0.25, -0.2) is 4.79 Å². The minimum absolute atomic E-state index is 0.264. The molecule has 0 spiro atoms. The molecule has 0 N–H and O–H groups in total. The SMILES string of the molecule is CC(C)OC(=O)C(F)=C1CCC(C(C)(C)C)CC1. The van der Waals surface area contributed by atoms with Crippen molar-refractivity contribution in [1.82, 2.24) is 0 Å². The summed E-state index contributed by atoms with van der Waals surface area (Å²) in [6.45, 7) is 10.1. The summed E-state index contributed by atoms with van der Waals surface area (Å²) in [5.41, 5.74) is 0.904. The number of halogens is 1. The first kappa shape index (κ1) is 15.2. The molecule has 104 valence electrons. The Morgan fingerprint density at radius 3 is 2.17 bits per heavy atom. The van der Waals surface area contributed by atoms with Crippen LogP contribution in [0.15, 0.2) is 11.4 Å². The van der Waals surface area contributed by atoms with Gasteiger partial charge in [0.15, 0.2) is 0 Å². The van der Waals surface area contributed by atoms with Crippen LogP contribution >= 0.6 is 0 Å². The van der Waals surface area contributed by atoms with Gasteiger partial charge in [0.05, 0.1) is 6.10 Å². The van der Waals surface area contributed by atoms with Gasteiger partial charge in [-0.15, -0.1) is 0 Å². The number of hydrogen-bond acceptors (Lipinski definition) is 2. The van der Waals surface area contributed by atoms with Gasteiger partial charge in [-0.2, -0.15) is 4.39 Å². The summed E-state index contributed by atoms with van der Waals surface area (Å²) in [5, 5.41) is 0. The summed E-state index contributed by atoms with van der Waals surface area (Å²) in [6, 6.07) is 0. The Morgan fingerprint density at radius 1 is 1.28 bits per heavy atom. The number of allylic oxidation sites excluding steroid dienone is 1. The Bertz CT molecular complexity index is 327. The zero-order valence-electron chi connectivity index (χ0n) is 12.2. The van der Waals surface area contributed by atoms with Crippen molar-refractivity contribution in [3.05, 3.63) is 11.4 Å². The van der Waals surface area contributed by atoms with Crippen LogP contribution in [0, 0.1) is 11.3 Å². The van der Waals surface area contributed by atoms with Crippen LogP contribution in [0.1, 0.15) is 60.3 Å². The van der Waals surface area contributed by atoms with Crippen LogP contribution in [0.3, 0.4) is 0 Å². The van der Waals surface area contributed by atoms with Gasteiger partial charge in [-0.1, -0.05) is 20.8 Å². The molecule has 0 saturated heterocycles. The average Bonchev–Trinajstić information content (AvgIpc) is 2.26. The lowest BCUT2D eigenvalue weighted by Crippen LogP contribution is -2.24. The molecule has 0 amide bonds. The molecule has 1 saturated carbocycles. The Hall–Kier alpha value is -0.860. The molecule has 1 fully saturated rings. The van der Waals surface area contributed by atoms with E-state index in [-0.39, 0.29) is 11.5 Å². The highest BCUT2D eigenvalue weighted by molar-refractivity contribution is 5.87. The lowest BCUT2D eigenvalue weighted by atomic mass is 9.71. The molecule has 0 atom stereocenters. The summed E-state index contributed by atoms with van der Waals surface area (Å²) in [5.74, 6) is -0.847. The molecule has 0 aromatic carbocycles. The van der Waals surface area contributed by atoms with E-state index in [4.69, 9.17) is 4.74 Å². The standard InChI is InChI=1S/C15H25FO2/c1-10(2)18-14(17)13(16)11-6-8-12(9-7-11)15(3,4)5/h10,12H,6-9H2,1-5H3. The first-order chi connectivity index (χ1) is 8.21. The predicted molar refractivity (Wildman–Crippen MR) is 70.8 cm³/mol. The van der Waals surface area contributed by atoms with Crippen LogP contribution in [0.4, 0.5) is 4.39 Å². The Kier molecular flexibility index (Phi) is 4.94. The molecule has 3 heteroatoms. The van der Waals surface area contributed by atoms with Gasteiger partial charge in [-0.05, 0) is 56.4 Å². The average molecular weight is 256 g/mol. The van der Waals surface area contributed by atoms with E-state index in [1.165, 1.54) is 0 Å². The van der Waals surface area contributed by atoms with E-state index in [0.29, 0.717) is 24.3 Å². The number of carbonyl (C=O) groups is 1. The molecule has 1 aliphatic carbocycles. The van der Waals surface area contributed by atoms with Gasteiger partial charge in [0.2, 0.25) is 5.83 Å². The van der Waals surface area contributed by atoms with Crippen molar-refractivity contribution >= 4 is 5.97 Å². The minimum Gasteiger partial charge on any atom is -0.458 e. The summed E-state index contributed by atoms with van der Waals surface area (Å²) in [4.78, 5) is 11.5. The Balaban J connectivity index is 2.63. The Morgan fingerprint density at radius 2 is 1.78 bits per heavy atom. The van der Waals surface area contributed by atoms with E-state index in [0.717, 1.165) is 12.8 Å². The molecule has 0 aromatic heterocycles. The molecule has 0 aromatic rings. The highest BCUT2D eigenvalue weighted by atomic mass is 19.1. The topological polar surface area (TPSA) is 26.3 Å². The van der Waals surface area contributed by atoms with Crippen LogP contribution in [0.2, 0.25) is 0 Å². The summed E-state index contributed by atoms with van der Waals surface area (Å²) >= 11 is 0. The maximum atomic E-state index is 13.9. The van der Waals surface area contributed by atoms with E-state index >= 15 is 0 Å². The third-order valence-corrected chi connectivity index (χ3v) is 3.65. The fourth-order valence-corrected chi connectivity index (χ4v) is 2.46. The second-order valence-corrected chi connectivity index (χ2v) is 6.51. The van der Waals surface area contributed by atoms with Crippen LogP contribution in [-0.4, -0.2) is 12.1 Å². The van der Waals surface area contributed by atoms with Crippen molar-refractivity contribution in [3.63, 3.8) is 0 Å². The van der Waals surface area contributed by atoms with Gasteiger partial charge in [0.25, 0.3) is 0 Å². The van der Waals surface area contributed by atoms with Crippen molar-refractivity contribution in [2.45, 2.75) is 66.4 Å². The van der Waals surface area contributed by atoms with Crippen molar-refractivity contribution < 1.29 is 13.9 Å². The van der Waals surface area contributed by atoms with Crippen LogP contribution in [0.25, 0.3) is 0 Å². The van der Waals surface area contributed by atoms with E-state index in [1.54, 1.807) is 13.8 Å². The second kappa shape index (κ2) is 5.85. The summed E-state index contributed by atoms with van der Waals surface area (Å²) < 4.78 is 18.8. The van der Waals surface area contributed by atoms with E-state index < -0.39 is 11.8 Å². The van der Waals surface area contributed by atoms with Crippen molar-refractivity contribution in [2.24, 2.45) is 11.3 Å². The second-order valence-electron chi connectivity index (χ2n) is 6.51. The number of hydrogen-bond donors (Lipinski definition) is 0. The van der Waals surface area contributed by atoms with Crippen molar-refractivity contribution in [2.75, 3.05) is 0 Å². The summed E-state index contributed by atoms with van der Waals surface area (Å²) in [6.07, 6.45) is 3.01. The van der Waals surface area contributed by atoms with Gasteiger partial charge in [-0.3, -0.25) is 0 Å². The van der Waals surface area contributed by atoms with E-state index in [2.05, 4.69) is 20.8 Å². The molecule has 0 unspecified atom stereocenters. The molecule has 0 radical (unpaired) electrons. The van der Waals surface area contributed by atoms with Gasteiger partial charge >= 0.3 is 5.97 Å². The highest BCUT2D eigenvalue weighted by Crippen LogP contribution is 2.40. The number of ether oxygens (including phenoxy) is 1. The fourth-order valence-electron chi connectivity index (χ4n) is 2.46. The van der Waals surface area contributed by atoms with Gasteiger partial charge in [0, 0.05) is 0 Å². The molecule has 1 aliphatic rings. The molecule has 18 heavy (non-hydrogen) atoms. The van der Waals surface area contributed by atoms with Gasteiger partial charge < -0.3 is 4.74 Å². The monoisotopic (exact) mass is 256 g/mol. The summed E-state index contributed by atoms with van der Waals surface area (Å²) in [7, 11) is 0. The zero-order valence-corrected chi connectivity index (χ0v) is 12.2. The third-order valence-electron chi connectivity index (χ3n) is 3.65. The van der Waals surface area contributed by atoms with E-state index in [1.807, 2.05) is 0 Å². The number of rotatable bonds is 2. The molecule has 0 bridgehead atoms. The normalized spacial score (nSPS) is 21.1. The van der Waals surface area contributed by atoms with E-state index in [9.17, 15) is 9.18 Å². The fraction of sp³-hybridized carbons (Fsp3) is 0.800. The Labute approximate surface area is 110 Å². The first-order valence-corrected chi connectivity index (χ1v) is 6.80. The molecule has 2 nitrogen and oxygen atoms in total.